The van der Waals surface area contributed by atoms with Crippen LogP contribution in [0.2, 0.25) is 0 Å². The molecule has 5 nitrogen and oxygen atoms in total. The van der Waals surface area contributed by atoms with Crippen molar-refractivity contribution in [1.29, 1.82) is 0 Å². The van der Waals surface area contributed by atoms with E-state index in [-0.39, 0.29) is 12.1 Å². The van der Waals surface area contributed by atoms with Crippen molar-refractivity contribution in [3.8, 4) is 0 Å². The maximum absolute atomic E-state index is 12.0. The van der Waals surface area contributed by atoms with E-state index in [1.165, 1.54) is 5.56 Å². The number of nitrogens with zero attached hydrogens (tertiary/aromatic N) is 2. The second-order valence-corrected chi connectivity index (χ2v) is 7.10. The second-order valence-electron chi connectivity index (χ2n) is 7.10. The number of benzene rings is 1. The predicted molar refractivity (Wildman–Crippen MR) is 94.9 cm³/mol. The number of carbonyl (C=O) groups is 1. The van der Waals surface area contributed by atoms with E-state index < -0.39 is 0 Å². The van der Waals surface area contributed by atoms with E-state index in [1.54, 1.807) is 4.90 Å². The topological polar surface area (TPSA) is 44.8 Å². The van der Waals surface area contributed by atoms with Gasteiger partial charge in [0.15, 0.2) is 0 Å². The lowest BCUT2D eigenvalue weighted by atomic mass is 9.94. The molecule has 2 fully saturated rings. The number of urea groups is 1. The molecular formula is C19H29N3O2. The van der Waals surface area contributed by atoms with Gasteiger partial charge in [0.25, 0.3) is 0 Å². The van der Waals surface area contributed by atoms with Crippen molar-refractivity contribution >= 4 is 6.03 Å². The summed E-state index contributed by atoms with van der Waals surface area (Å²) in [6.45, 7) is 3.53. The molecule has 0 bridgehead atoms. The number of carbonyl (C=O) groups excluding carboxylic acids is 1. The number of likely N-dealkylation sites (tertiary alicyclic amines) is 1. The Labute approximate surface area is 145 Å². The first-order valence-electron chi connectivity index (χ1n) is 9.01. The highest BCUT2D eigenvalue weighted by molar-refractivity contribution is 5.73. The van der Waals surface area contributed by atoms with Gasteiger partial charge in [0.05, 0.1) is 6.10 Å². The minimum absolute atomic E-state index is 0.127. The molecule has 0 unspecified atom stereocenters. The van der Waals surface area contributed by atoms with Gasteiger partial charge in [-0.05, 0) is 24.8 Å². The van der Waals surface area contributed by atoms with E-state index in [1.807, 2.05) is 19.0 Å². The summed E-state index contributed by atoms with van der Waals surface area (Å²) in [5, 5.41) is 3.72. The minimum Gasteiger partial charge on any atom is -0.373 e. The lowest BCUT2D eigenvalue weighted by Crippen LogP contribution is -2.48. The minimum atomic E-state index is 0.127. The summed E-state index contributed by atoms with van der Waals surface area (Å²) < 4.78 is 5.97. The summed E-state index contributed by atoms with van der Waals surface area (Å²) >= 11 is 0. The van der Waals surface area contributed by atoms with Crippen LogP contribution >= 0.6 is 0 Å². The number of rotatable bonds is 4. The fourth-order valence-corrected chi connectivity index (χ4v) is 3.73. The molecule has 1 aromatic carbocycles. The molecule has 2 atom stereocenters. The second kappa shape index (κ2) is 7.99. The van der Waals surface area contributed by atoms with E-state index in [9.17, 15) is 4.79 Å². The number of amides is 2. The zero-order valence-corrected chi connectivity index (χ0v) is 14.8. The molecule has 2 saturated heterocycles. The molecule has 0 saturated carbocycles. The Kier molecular flexibility index (Phi) is 5.74. The normalized spacial score (nSPS) is 25.0. The average Bonchev–Trinajstić information content (AvgIpc) is 3.09. The van der Waals surface area contributed by atoms with Gasteiger partial charge in [-0.3, -0.25) is 0 Å². The Hall–Kier alpha value is -1.59. The van der Waals surface area contributed by atoms with Crippen LogP contribution in [0.15, 0.2) is 30.3 Å². The molecule has 3 rings (SSSR count). The van der Waals surface area contributed by atoms with Crippen molar-refractivity contribution in [2.45, 2.75) is 31.4 Å². The van der Waals surface area contributed by atoms with Crippen molar-refractivity contribution in [2.24, 2.45) is 5.92 Å². The highest BCUT2D eigenvalue weighted by Crippen LogP contribution is 2.34. The lowest BCUT2D eigenvalue weighted by Gasteiger charge is -2.34. The Morgan fingerprint density at radius 2 is 1.92 bits per heavy atom. The van der Waals surface area contributed by atoms with E-state index in [4.69, 9.17) is 4.74 Å². The maximum atomic E-state index is 12.0. The Balaban J connectivity index is 1.46. The van der Waals surface area contributed by atoms with Crippen LogP contribution in [0.3, 0.4) is 0 Å². The van der Waals surface area contributed by atoms with Crippen molar-refractivity contribution < 1.29 is 9.53 Å². The lowest BCUT2D eigenvalue weighted by molar-refractivity contribution is 0.0887. The molecule has 1 aromatic rings. The largest absolute Gasteiger partial charge is 0.373 e. The van der Waals surface area contributed by atoms with Gasteiger partial charge in [0, 0.05) is 52.3 Å². The van der Waals surface area contributed by atoms with E-state index >= 15 is 0 Å². The Morgan fingerprint density at radius 3 is 2.58 bits per heavy atom. The first kappa shape index (κ1) is 17.2. The number of hydrogen-bond donors (Lipinski definition) is 1. The quantitative estimate of drug-likeness (QED) is 0.922. The van der Waals surface area contributed by atoms with Gasteiger partial charge in [-0.25, -0.2) is 4.79 Å². The average molecular weight is 331 g/mol. The third-order valence-corrected chi connectivity index (χ3v) is 5.16. The summed E-state index contributed by atoms with van der Waals surface area (Å²) in [7, 11) is 3.63. The zero-order chi connectivity index (χ0) is 16.9. The van der Waals surface area contributed by atoms with Crippen LogP contribution in [0.1, 0.15) is 30.9 Å². The van der Waals surface area contributed by atoms with Gasteiger partial charge in [-0.1, -0.05) is 30.3 Å². The van der Waals surface area contributed by atoms with Crippen molar-refractivity contribution in [3.05, 3.63) is 35.9 Å². The Bertz CT molecular complexity index is 527. The fourth-order valence-electron chi connectivity index (χ4n) is 3.73. The molecule has 0 aliphatic carbocycles. The van der Waals surface area contributed by atoms with E-state index in [0.29, 0.717) is 12.0 Å². The molecule has 2 heterocycles. The highest BCUT2D eigenvalue weighted by Gasteiger charge is 2.30. The number of nitrogens with one attached hydrogen (secondary N) is 1. The third-order valence-electron chi connectivity index (χ3n) is 5.16. The SMILES string of the molecule is CN(C)C(=O)N1CCC(NC[C@H]2CCO[C@@H]2c2ccccc2)CC1. The maximum Gasteiger partial charge on any atom is 0.319 e. The fraction of sp³-hybridized carbons (Fsp3) is 0.632. The van der Waals surface area contributed by atoms with Gasteiger partial charge in [-0.15, -0.1) is 0 Å². The van der Waals surface area contributed by atoms with Gasteiger partial charge >= 0.3 is 6.03 Å². The van der Waals surface area contributed by atoms with Crippen LogP contribution in [-0.4, -0.2) is 62.2 Å². The summed E-state index contributed by atoms with van der Waals surface area (Å²) in [6, 6.07) is 11.2. The molecule has 2 aliphatic rings. The van der Waals surface area contributed by atoms with Gasteiger partial charge in [0.2, 0.25) is 0 Å². The van der Waals surface area contributed by atoms with Gasteiger partial charge in [0.1, 0.15) is 0 Å². The van der Waals surface area contributed by atoms with Crippen molar-refractivity contribution in [1.82, 2.24) is 15.1 Å². The molecule has 2 amide bonds. The summed E-state index contributed by atoms with van der Waals surface area (Å²) in [5.41, 5.74) is 1.29. The smallest absolute Gasteiger partial charge is 0.319 e. The number of hydrogen-bond acceptors (Lipinski definition) is 3. The molecule has 24 heavy (non-hydrogen) atoms. The summed E-state index contributed by atoms with van der Waals surface area (Å²) in [4.78, 5) is 15.6. The Morgan fingerprint density at radius 1 is 1.21 bits per heavy atom. The summed E-state index contributed by atoms with van der Waals surface area (Å²) in [6.07, 6.45) is 3.39. The summed E-state index contributed by atoms with van der Waals surface area (Å²) in [5.74, 6) is 0.536. The molecule has 0 aromatic heterocycles. The number of ether oxygens (including phenoxy) is 1. The van der Waals surface area contributed by atoms with Crippen LogP contribution in [0.5, 0.6) is 0 Å². The van der Waals surface area contributed by atoms with Crippen LogP contribution in [0.25, 0.3) is 0 Å². The van der Waals surface area contributed by atoms with Crippen LogP contribution in [0, 0.1) is 5.92 Å². The predicted octanol–water partition coefficient (Wildman–Crippen LogP) is 2.50. The van der Waals surface area contributed by atoms with E-state index in [2.05, 4.69) is 35.6 Å². The first-order valence-corrected chi connectivity index (χ1v) is 9.01. The van der Waals surface area contributed by atoms with Crippen LogP contribution < -0.4 is 5.32 Å². The van der Waals surface area contributed by atoms with Gasteiger partial charge in [-0.2, -0.15) is 0 Å². The standard InChI is InChI=1S/C19H29N3O2/c1-21(2)19(23)22-11-8-17(9-12-22)20-14-16-10-13-24-18(16)15-6-4-3-5-7-15/h3-7,16-18,20H,8-14H2,1-2H3/t16-,18-/m1/s1. The monoisotopic (exact) mass is 331 g/mol. The molecule has 1 N–H and O–H groups in total. The van der Waals surface area contributed by atoms with Crippen LogP contribution in [0.4, 0.5) is 4.79 Å². The third kappa shape index (κ3) is 4.08. The molecule has 5 heteroatoms. The van der Waals surface area contributed by atoms with E-state index in [0.717, 1.165) is 45.5 Å². The van der Waals surface area contributed by atoms with Gasteiger partial charge < -0.3 is 19.9 Å². The molecule has 132 valence electrons. The zero-order valence-electron chi connectivity index (χ0n) is 14.8. The highest BCUT2D eigenvalue weighted by atomic mass is 16.5. The first-order chi connectivity index (χ1) is 11.6. The molecule has 0 radical (unpaired) electrons. The van der Waals surface area contributed by atoms with Crippen LogP contribution in [-0.2, 0) is 4.74 Å². The molecule has 2 aliphatic heterocycles. The molecule has 0 spiro atoms. The van der Waals surface area contributed by atoms with Crippen molar-refractivity contribution in [3.63, 3.8) is 0 Å². The number of piperidine rings is 1. The molecular weight excluding hydrogens is 302 g/mol. The van der Waals surface area contributed by atoms with Crippen molar-refractivity contribution in [2.75, 3.05) is 40.3 Å².